The first-order valence-corrected chi connectivity index (χ1v) is 8.99. The summed E-state index contributed by atoms with van der Waals surface area (Å²) in [4.78, 5) is 38.3. The number of carbonyl (C=O) groups is 3. The van der Waals surface area contributed by atoms with E-state index in [-0.39, 0.29) is 11.9 Å². The zero-order valence-corrected chi connectivity index (χ0v) is 15.4. The molecule has 140 valence electrons. The predicted octanol–water partition coefficient (Wildman–Crippen LogP) is 1.96. The first-order chi connectivity index (χ1) is 13.0. The van der Waals surface area contributed by atoms with Crippen molar-refractivity contribution in [3.8, 4) is 0 Å². The van der Waals surface area contributed by atoms with Gasteiger partial charge in [0.05, 0.1) is 0 Å². The van der Waals surface area contributed by atoms with Crippen LogP contribution in [-0.2, 0) is 20.8 Å². The molecule has 27 heavy (non-hydrogen) atoms. The highest BCUT2D eigenvalue weighted by atomic mass is 16.2. The van der Waals surface area contributed by atoms with Crippen molar-refractivity contribution in [2.75, 3.05) is 11.9 Å². The van der Waals surface area contributed by atoms with E-state index < -0.39 is 17.9 Å². The number of rotatable bonds is 5. The molecule has 1 aliphatic rings. The monoisotopic (exact) mass is 365 g/mol. The van der Waals surface area contributed by atoms with E-state index in [4.69, 9.17) is 0 Å². The average Bonchev–Trinajstić information content (AvgIpc) is 2.92. The van der Waals surface area contributed by atoms with E-state index in [1.165, 1.54) is 10.5 Å². The molecule has 0 bridgehead atoms. The van der Waals surface area contributed by atoms with E-state index in [1.807, 2.05) is 49.4 Å². The molecule has 6 nitrogen and oxygen atoms in total. The number of nitrogens with one attached hydrogen (secondary N) is 2. The highest BCUT2D eigenvalue weighted by Gasteiger charge is 2.36. The van der Waals surface area contributed by atoms with Crippen LogP contribution in [0.5, 0.6) is 0 Å². The summed E-state index contributed by atoms with van der Waals surface area (Å²) >= 11 is 0. The lowest BCUT2D eigenvalue weighted by molar-refractivity contribution is -0.140. The largest absolute Gasteiger partial charge is 0.345 e. The minimum absolute atomic E-state index is 0.155. The molecule has 0 aliphatic carbocycles. The fraction of sp³-hybridized carbons (Fsp3) is 0.286. The predicted molar refractivity (Wildman–Crippen MR) is 103 cm³/mol. The number of benzene rings is 2. The average molecular weight is 365 g/mol. The van der Waals surface area contributed by atoms with Crippen LogP contribution in [-0.4, -0.2) is 30.8 Å². The maximum atomic E-state index is 12.4. The molecule has 3 amide bonds. The van der Waals surface area contributed by atoms with Crippen molar-refractivity contribution in [1.29, 1.82) is 0 Å². The van der Waals surface area contributed by atoms with Crippen molar-refractivity contribution < 1.29 is 14.4 Å². The molecule has 2 N–H and O–H groups in total. The van der Waals surface area contributed by atoms with Gasteiger partial charge in [-0.1, -0.05) is 48.5 Å². The number of aryl methyl sites for hydroxylation is 1. The van der Waals surface area contributed by atoms with Crippen LogP contribution in [0, 0.1) is 0 Å². The second-order valence-electron chi connectivity index (χ2n) is 6.76. The maximum absolute atomic E-state index is 12.4. The molecule has 2 aromatic rings. The minimum atomic E-state index is -0.830. The lowest BCUT2D eigenvalue weighted by Gasteiger charge is -2.16. The van der Waals surface area contributed by atoms with Crippen molar-refractivity contribution in [2.24, 2.45) is 0 Å². The van der Waals surface area contributed by atoms with Crippen LogP contribution < -0.4 is 15.5 Å². The Morgan fingerprint density at radius 1 is 1.04 bits per heavy atom. The van der Waals surface area contributed by atoms with Gasteiger partial charge >= 0.3 is 11.8 Å². The summed E-state index contributed by atoms with van der Waals surface area (Å²) in [5.74, 6) is -1.78. The third-order valence-corrected chi connectivity index (χ3v) is 4.75. The summed E-state index contributed by atoms with van der Waals surface area (Å²) in [6.45, 7) is 1.86. The Bertz CT molecular complexity index is 851. The third kappa shape index (κ3) is 4.16. The fourth-order valence-electron chi connectivity index (χ4n) is 3.21. The first-order valence-electron chi connectivity index (χ1n) is 8.99. The lowest BCUT2D eigenvalue weighted by atomic mass is 10.1. The zero-order chi connectivity index (χ0) is 19.4. The molecule has 1 heterocycles. The van der Waals surface area contributed by atoms with Gasteiger partial charge in [-0.2, -0.15) is 0 Å². The van der Waals surface area contributed by atoms with Gasteiger partial charge in [-0.15, -0.1) is 0 Å². The van der Waals surface area contributed by atoms with Crippen LogP contribution in [0.2, 0.25) is 0 Å². The molecule has 6 heteroatoms. The quantitative estimate of drug-likeness (QED) is 0.795. The van der Waals surface area contributed by atoms with Gasteiger partial charge in [0.2, 0.25) is 0 Å². The van der Waals surface area contributed by atoms with Crippen LogP contribution in [0.1, 0.15) is 30.5 Å². The maximum Gasteiger partial charge on any atom is 0.310 e. The number of likely N-dealkylation sites (N-methyl/N-ethyl adjacent to an activating group) is 1. The second-order valence-corrected chi connectivity index (χ2v) is 6.76. The van der Waals surface area contributed by atoms with Crippen molar-refractivity contribution in [2.45, 2.75) is 31.8 Å². The van der Waals surface area contributed by atoms with E-state index in [1.54, 1.807) is 19.2 Å². The van der Waals surface area contributed by atoms with Gasteiger partial charge in [0.25, 0.3) is 5.91 Å². The highest BCUT2D eigenvalue weighted by Crippen LogP contribution is 2.34. The van der Waals surface area contributed by atoms with Crippen LogP contribution >= 0.6 is 0 Å². The number of amides is 3. The number of nitrogens with zero attached hydrogens (tertiary/aromatic N) is 1. The lowest BCUT2D eigenvalue weighted by Crippen LogP contribution is -2.46. The van der Waals surface area contributed by atoms with Gasteiger partial charge in [0.15, 0.2) is 0 Å². The van der Waals surface area contributed by atoms with E-state index in [0.717, 1.165) is 18.5 Å². The molecule has 2 aromatic carbocycles. The van der Waals surface area contributed by atoms with Crippen molar-refractivity contribution in [3.63, 3.8) is 0 Å². The van der Waals surface area contributed by atoms with Crippen molar-refractivity contribution in [3.05, 3.63) is 65.7 Å². The Hall–Kier alpha value is -3.15. The number of anilines is 1. The second kappa shape index (κ2) is 8.03. The minimum Gasteiger partial charge on any atom is -0.345 e. The summed E-state index contributed by atoms with van der Waals surface area (Å²) in [5.41, 5.74) is 2.62. The molecular formula is C21H23N3O3. The smallest absolute Gasteiger partial charge is 0.310 e. The Morgan fingerprint density at radius 2 is 1.70 bits per heavy atom. The molecule has 0 spiro atoms. The Kier molecular flexibility index (Phi) is 5.54. The highest BCUT2D eigenvalue weighted by molar-refractivity contribution is 6.35. The van der Waals surface area contributed by atoms with E-state index >= 15 is 0 Å². The summed E-state index contributed by atoms with van der Waals surface area (Å²) in [6, 6.07) is 16.2. The molecule has 0 fully saturated rings. The Balaban J connectivity index is 1.55. The van der Waals surface area contributed by atoms with Gasteiger partial charge in [-0.3, -0.25) is 14.4 Å². The van der Waals surface area contributed by atoms with Gasteiger partial charge in [-0.05, 0) is 31.4 Å². The van der Waals surface area contributed by atoms with Gasteiger partial charge < -0.3 is 15.5 Å². The Morgan fingerprint density at radius 3 is 2.44 bits per heavy atom. The normalized spacial score (nSPS) is 16.6. The molecule has 0 unspecified atom stereocenters. The first kappa shape index (κ1) is 18.6. The van der Waals surface area contributed by atoms with Crippen LogP contribution in [0.25, 0.3) is 0 Å². The third-order valence-electron chi connectivity index (χ3n) is 4.75. The number of hydrogen-bond acceptors (Lipinski definition) is 3. The van der Waals surface area contributed by atoms with Crippen LogP contribution in [0.4, 0.5) is 5.69 Å². The standard InChI is InChI=1S/C21H23N3O3/c1-14(12-13-15-8-4-3-5-9-15)22-19(25)20(26)23-18-16-10-6-7-11-17(16)24(2)21(18)27/h3-11,14,18H,12-13H2,1-2H3,(H,22,25)(H,23,26)/t14-,18+/m1/s1. The summed E-state index contributed by atoms with van der Waals surface area (Å²) in [7, 11) is 1.65. The van der Waals surface area contributed by atoms with E-state index in [2.05, 4.69) is 10.6 Å². The molecule has 1 aliphatic heterocycles. The molecule has 0 saturated carbocycles. The van der Waals surface area contributed by atoms with E-state index in [0.29, 0.717) is 5.56 Å². The van der Waals surface area contributed by atoms with Crippen LogP contribution in [0.3, 0.4) is 0 Å². The van der Waals surface area contributed by atoms with Crippen molar-refractivity contribution >= 4 is 23.4 Å². The fourth-order valence-corrected chi connectivity index (χ4v) is 3.21. The molecule has 0 radical (unpaired) electrons. The topological polar surface area (TPSA) is 78.5 Å². The molecule has 0 aromatic heterocycles. The number of hydrogen-bond donors (Lipinski definition) is 2. The van der Waals surface area contributed by atoms with Gasteiger partial charge in [0, 0.05) is 24.3 Å². The zero-order valence-electron chi connectivity index (χ0n) is 15.4. The Labute approximate surface area is 158 Å². The summed E-state index contributed by atoms with van der Waals surface area (Å²) in [5, 5.41) is 5.25. The SMILES string of the molecule is C[C@H](CCc1ccccc1)NC(=O)C(=O)N[C@@H]1C(=O)N(C)c2ccccc21. The van der Waals surface area contributed by atoms with Crippen LogP contribution in [0.15, 0.2) is 54.6 Å². The number of para-hydroxylation sites is 1. The molecule has 3 rings (SSSR count). The van der Waals surface area contributed by atoms with E-state index in [9.17, 15) is 14.4 Å². The summed E-state index contributed by atoms with van der Waals surface area (Å²) < 4.78 is 0. The number of fused-ring (bicyclic) bond motifs is 1. The molecular weight excluding hydrogens is 342 g/mol. The molecule has 2 atom stereocenters. The summed E-state index contributed by atoms with van der Waals surface area (Å²) in [6.07, 6.45) is 1.53. The van der Waals surface area contributed by atoms with Gasteiger partial charge in [-0.25, -0.2) is 0 Å². The number of carbonyl (C=O) groups excluding carboxylic acids is 3. The van der Waals surface area contributed by atoms with Crippen molar-refractivity contribution in [1.82, 2.24) is 10.6 Å². The molecule has 0 saturated heterocycles. The van der Waals surface area contributed by atoms with Gasteiger partial charge in [0.1, 0.15) is 6.04 Å².